The Labute approximate surface area is 120 Å². The van der Waals surface area contributed by atoms with E-state index in [1.165, 1.54) is 17.7 Å². The van der Waals surface area contributed by atoms with Crippen LogP contribution in [-0.2, 0) is 12.8 Å². The first-order chi connectivity index (χ1) is 9.10. The van der Waals surface area contributed by atoms with Gasteiger partial charge in [-0.1, -0.05) is 6.92 Å². The Morgan fingerprint density at radius 2 is 2.32 bits per heavy atom. The topological polar surface area (TPSA) is 39.9 Å². The molecule has 1 aromatic heterocycles. The summed E-state index contributed by atoms with van der Waals surface area (Å²) in [4.78, 5) is 6.89. The van der Waals surface area contributed by atoms with Gasteiger partial charge >= 0.3 is 0 Å². The Kier molecular flexibility index (Phi) is 4.84. The van der Waals surface area contributed by atoms with Gasteiger partial charge in [0, 0.05) is 18.0 Å². The number of hydrogen-bond donors (Lipinski definition) is 0. The van der Waals surface area contributed by atoms with Crippen LogP contribution in [0.4, 0.5) is 0 Å². The molecule has 1 heterocycles. The molecule has 2 rings (SSSR count). The van der Waals surface area contributed by atoms with Gasteiger partial charge in [-0.3, -0.25) is 0 Å². The van der Waals surface area contributed by atoms with Crippen LogP contribution in [0, 0.1) is 17.2 Å². The van der Waals surface area contributed by atoms with Crippen LogP contribution >= 0.6 is 11.8 Å². The molecular weight excluding hydrogens is 254 g/mol. The van der Waals surface area contributed by atoms with Gasteiger partial charge in [-0.05, 0) is 50.9 Å². The molecule has 0 saturated carbocycles. The maximum absolute atomic E-state index is 9.28. The molecule has 0 saturated heterocycles. The van der Waals surface area contributed by atoms with Crippen LogP contribution in [0.1, 0.15) is 30.2 Å². The summed E-state index contributed by atoms with van der Waals surface area (Å²) in [5, 5.41) is 10.2. The Bertz CT molecular complexity index is 491. The maximum atomic E-state index is 9.28. The molecule has 102 valence electrons. The van der Waals surface area contributed by atoms with Crippen LogP contribution in [0.15, 0.2) is 11.1 Å². The van der Waals surface area contributed by atoms with E-state index < -0.39 is 0 Å². The van der Waals surface area contributed by atoms with Crippen molar-refractivity contribution < 1.29 is 0 Å². The highest BCUT2D eigenvalue weighted by molar-refractivity contribution is 7.99. The summed E-state index contributed by atoms with van der Waals surface area (Å²) in [5.74, 6) is 1.69. The van der Waals surface area contributed by atoms with Crippen LogP contribution in [-0.4, -0.2) is 36.3 Å². The van der Waals surface area contributed by atoms with Gasteiger partial charge in [0.15, 0.2) is 0 Å². The normalized spacial score (nSPS) is 18.2. The molecule has 1 atom stereocenters. The molecule has 0 radical (unpaired) electrons. The van der Waals surface area contributed by atoms with Gasteiger partial charge in [0.1, 0.15) is 11.1 Å². The lowest BCUT2D eigenvalue weighted by Gasteiger charge is -2.21. The van der Waals surface area contributed by atoms with Crippen molar-refractivity contribution >= 4 is 11.8 Å². The molecule has 1 aliphatic carbocycles. The largest absolute Gasteiger partial charge is 0.309 e. The molecule has 1 aromatic rings. The first kappa shape index (κ1) is 14.4. The summed E-state index contributed by atoms with van der Waals surface area (Å²) in [5.41, 5.74) is 3.24. The fraction of sp³-hybridized carbons (Fsp3) is 0.600. The molecule has 0 N–H and O–H groups in total. The number of aryl methyl sites for hydroxylation is 1. The molecule has 19 heavy (non-hydrogen) atoms. The number of fused-ring (bicyclic) bond motifs is 1. The lowest BCUT2D eigenvalue weighted by Crippen LogP contribution is -2.16. The summed E-state index contributed by atoms with van der Waals surface area (Å²) in [7, 11) is 4.13. The average molecular weight is 275 g/mol. The summed E-state index contributed by atoms with van der Waals surface area (Å²) in [6, 6.07) is 4.37. The minimum Gasteiger partial charge on any atom is -0.309 e. The van der Waals surface area contributed by atoms with Crippen molar-refractivity contribution in [2.45, 2.75) is 31.2 Å². The zero-order valence-corrected chi connectivity index (χ0v) is 12.8. The van der Waals surface area contributed by atoms with Crippen LogP contribution in [0.2, 0.25) is 0 Å². The third kappa shape index (κ3) is 3.71. The van der Waals surface area contributed by atoms with E-state index in [-0.39, 0.29) is 0 Å². The quantitative estimate of drug-likeness (QED) is 0.792. The SMILES string of the molecule is CC1CCc2nc(SCCN(C)C)c(C#N)cc2C1. The Morgan fingerprint density at radius 1 is 1.53 bits per heavy atom. The van der Waals surface area contributed by atoms with Crippen molar-refractivity contribution in [3.8, 4) is 6.07 Å². The van der Waals surface area contributed by atoms with Crippen molar-refractivity contribution in [1.82, 2.24) is 9.88 Å². The van der Waals surface area contributed by atoms with Crippen LogP contribution in [0.5, 0.6) is 0 Å². The van der Waals surface area contributed by atoms with Crippen molar-refractivity contribution in [2.75, 3.05) is 26.4 Å². The summed E-state index contributed by atoms with van der Waals surface area (Å²) < 4.78 is 0. The van der Waals surface area contributed by atoms with Gasteiger partial charge in [-0.2, -0.15) is 5.26 Å². The second-order valence-corrected chi connectivity index (χ2v) is 6.64. The highest BCUT2D eigenvalue weighted by atomic mass is 32.2. The fourth-order valence-corrected chi connectivity index (χ4v) is 3.43. The number of nitrogens with zero attached hydrogens (tertiary/aromatic N) is 3. The zero-order valence-electron chi connectivity index (χ0n) is 11.9. The molecular formula is C15H21N3S. The van der Waals surface area contributed by atoms with Crippen LogP contribution in [0.25, 0.3) is 0 Å². The minimum absolute atomic E-state index is 0.716. The summed E-state index contributed by atoms with van der Waals surface area (Å²) in [6.45, 7) is 3.28. The lowest BCUT2D eigenvalue weighted by molar-refractivity contribution is 0.437. The molecule has 4 heteroatoms. The van der Waals surface area contributed by atoms with Crippen LogP contribution < -0.4 is 0 Å². The predicted molar refractivity (Wildman–Crippen MR) is 79.4 cm³/mol. The van der Waals surface area contributed by atoms with Gasteiger partial charge < -0.3 is 4.90 Å². The molecule has 0 spiro atoms. The van der Waals surface area contributed by atoms with E-state index in [0.717, 1.165) is 35.7 Å². The second-order valence-electron chi connectivity index (χ2n) is 5.56. The number of rotatable bonds is 4. The molecule has 0 aliphatic heterocycles. The van der Waals surface area contributed by atoms with Crippen molar-refractivity contribution in [1.29, 1.82) is 5.26 Å². The number of aromatic nitrogens is 1. The monoisotopic (exact) mass is 275 g/mol. The van der Waals surface area contributed by atoms with E-state index in [1.807, 2.05) is 0 Å². The van der Waals surface area contributed by atoms with Gasteiger partial charge in [0.05, 0.1) is 5.56 Å². The first-order valence-corrected chi connectivity index (χ1v) is 7.79. The minimum atomic E-state index is 0.716. The second kappa shape index (κ2) is 6.40. The number of pyridine rings is 1. The van der Waals surface area contributed by atoms with E-state index in [1.54, 1.807) is 11.8 Å². The van der Waals surface area contributed by atoms with Gasteiger partial charge in [-0.15, -0.1) is 11.8 Å². The number of hydrogen-bond acceptors (Lipinski definition) is 4. The predicted octanol–water partition coefficient (Wildman–Crippen LogP) is 2.73. The summed E-state index contributed by atoms with van der Waals surface area (Å²) >= 11 is 1.70. The molecule has 3 nitrogen and oxygen atoms in total. The molecule has 1 aliphatic rings. The third-order valence-electron chi connectivity index (χ3n) is 3.50. The van der Waals surface area contributed by atoms with E-state index in [4.69, 9.17) is 4.98 Å². The van der Waals surface area contributed by atoms with Gasteiger partial charge in [0.2, 0.25) is 0 Å². The molecule has 0 aromatic carbocycles. The van der Waals surface area contributed by atoms with E-state index >= 15 is 0 Å². The smallest absolute Gasteiger partial charge is 0.114 e. The average Bonchev–Trinajstić information content (AvgIpc) is 2.37. The number of thioether (sulfide) groups is 1. The van der Waals surface area contributed by atoms with Crippen molar-refractivity contribution in [3.05, 3.63) is 22.9 Å². The van der Waals surface area contributed by atoms with Crippen LogP contribution in [0.3, 0.4) is 0 Å². The molecule has 0 fully saturated rings. The third-order valence-corrected chi connectivity index (χ3v) is 4.47. The first-order valence-electron chi connectivity index (χ1n) is 6.80. The lowest BCUT2D eigenvalue weighted by atomic mass is 9.87. The Hall–Kier alpha value is -1.05. The standard InChI is InChI=1S/C15H21N3S/c1-11-4-5-14-12(8-11)9-13(10-16)15(17-14)19-7-6-18(2)3/h9,11H,4-8H2,1-3H3. The zero-order chi connectivity index (χ0) is 13.8. The Morgan fingerprint density at radius 3 is 3.00 bits per heavy atom. The Balaban J connectivity index is 2.17. The molecule has 0 bridgehead atoms. The number of nitriles is 1. The highest BCUT2D eigenvalue weighted by Crippen LogP contribution is 2.29. The van der Waals surface area contributed by atoms with E-state index in [2.05, 4.69) is 38.1 Å². The summed E-state index contributed by atoms with van der Waals surface area (Å²) in [6.07, 6.45) is 3.34. The molecule has 0 amide bonds. The van der Waals surface area contributed by atoms with Gasteiger partial charge in [-0.25, -0.2) is 4.98 Å². The molecule has 1 unspecified atom stereocenters. The fourth-order valence-electron chi connectivity index (χ4n) is 2.34. The van der Waals surface area contributed by atoms with Gasteiger partial charge in [0.25, 0.3) is 0 Å². The maximum Gasteiger partial charge on any atom is 0.114 e. The van der Waals surface area contributed by atoms with Crippen molar-refractivity contribution in [2.24, 2.45) is 5.92 Å². The van der Waals surface area contributed by atoms with Crippen molar-refractivity contribution in [3.63, 3.8) is 0 Å². The van der Waals surface area contributed by atoms with E-state index in [0.29, 0.717) is 5.92 Å². The highest BCUT2D eigenvalue weighted by Gasteiger charge is 2.19. The van der Waals surface area contributed by atoms with E-state index in [9.17, 15) is 5.26 Å².